The fourth-order valence-electron chi connectivity index (χ4n) is 2.72. The summed E-state index contributed by atoms with van der Waals surface area (Å²) in [5.74, 6) is -1.10. The number of benzene rings is 2. The first-order valence-corrected chi connectivity index (χ1v) is 8.90. The van der Waals surface area contributed by atoms with E-state index < -0.39 is 12.6 Å². The summed E-state index contributed by atoms with van der Waals surface area (Å²) in [6.45, 7) is 5.35. The van der Waals surface area contributed by atoms with Crippen molar-refractivity contribution >= 4 is 23.5 Å². The number of rotatable bonds is 6. The molecule has 0 aromatic heterocycles. The predicted molar refractivity (Wildman–Crippen MR) is 110 cm³/mol. The molecule has 0 amide bonds. The van der Waals surface area contributed by atoms with Gasteiger partial charge in [-0.1, -0.05) is 18.2 Å². The molecule has 0 saturated heterocycles. The van der Waals surface area contributed by atoms with E-state index in [1.807, 2.05) is 76.2 Å². The normalized spacial score (nSPS) is 10.9. The van der Waals surface area contributed by atoms with Crippen LogP contribution in [0, 0.1) is 32.1 Å². The molecule has 0 radical (unpaired) electrons. The number of carbonyl (C=O) groups excluding carboxylic acids is 2. The van der Waals surface area contributed by atoms with E-state index in [0.717, 1.165) is 22.4 Å². The quantitative estimate of drug-likeness (QED) is 0.330. The van der Waals surface area contributed by atoms with Gasteiger partial charge in [0.15, 0.2) is 6.61 Å². The van der Waals surface area contributed by atoms with Crippen molar-refractivity contribution in [1.29, 1.82) is 5.26 Å². The average molecular weight is 376 g/mol. The second-order valence-corrected chi connectivity index (χ2v) is 6.91. The summed E-state index contributed by atoms with van der Waals surface area (Å²) in [4.78, 5) is 26.6. The number of hydrogen-bond acceptors (Lipinski definition) is 5. The maximum Gasteiger partial charge on any atom is 0.349 e. The van der Waals surface area contributed by atoms with Gasteiger partial charge in [0.2, 0.25) is 5.78 Å². The number of ketones is 1. The van der Waals surface area contributed by atoms with Gasteiger partial charge in [0.25, 0.3) is 0 Å². The first-order chi connectivity index (χ1) is 13.2. The van der Waals surface area contributed by atoms with Crippen molar-refractivity contribution < 1.29 is 14.3 Å². The van der Waals surface area contributed by atoms with Crippen molar-refractivity contribution in [2.24, 2.45) is 0 Å². The van der Waals surface area contributed by atoms with E-state index in [1.165, 1.54) is 6.08 Å². The Balaban J connectivity index is 2.09. The Kier molecular flexibility index (Phi) is 6.73. The minimum absolute atomic E-state index is 0.151. The lowest BCUT2D eigenvalue weighted by atomic mass is 9.98. The molecule has 0 heterocycles. The summed E-state index contributed by atoms with van der Waals surface area (Å²) >= 11 is 0. The first kappa shape index (κ1) is 20.9. The Bertz CT molecular complexity index is 965. The van der Waals surface area contributed by atoms with Crippen molar-refractivity contribution in [3.8, 4) is 6.07 Å². The highest BCUT2D eigenvalue weighted by Crippen LogP contribution is 2.17. The zero-order valence-electron chi connectivity index (χ0n) is 16.9. The van der Waals surface area contributed by atoms with Gasteiger partial charge in [-0.2, -0.15) is 5.26 Å². The summed E-state index contributed by atoms with van der Waals surface area (Å²) < 4.78 is 5.08. The maximum atomic E-state index is 12.4. The van der Waals surface area contributed by atoms with Crippen molar-refractivity contribution in [1.82, 2.24) is 0 Å². The summed E-state index contributed by atoms with van der Waals surface area (Å²) in [7, 11) is 3.86. The van der Waals surface area contributed by atoms with Gasteiger partial charge >= 0.3 is 5.97 Å². The van der Waals surface area contributed by atoms with Crippen LogP contribution >= 0.6 is 0 Å². The maximum absolute atomic E-state index is 12.4. The minimum atomic E-state index is -0.811. The minimum Gasteiger partial charge on any atom is -0.453 e. The summed E-state index contributed by atoms with van der Waals surface area (Å²) in [6.07, 6.45) is 1.45. The fraction of sp³-hybridized carbons (Fsp3) is 0.261. The van der Waals surface area contributed by atoms with Crippen LogP contribution in [0.3, 0.4) is 0 Å². The molecule has 0 fully saturated rings. The molecule has 5 nitrogen and oxygen atoms in total. The van der Waals surface area contributed by atoms with E-state index in [-0.39, 0.29) is 11.4 Å². The van der Waals surface area contributed by atoms with Crippen LogP contribution in [0.5, 0.6) is 0 Å². The molecule has 2 rings (SSSR count). The number of nitrogens with zero attached hydrogens (tertiary/aromatic N) is 2. The molecule has 144 valence electrons. The summed E-state index contributed by atoms with van der Waals surface area (Å²) in [6, 6.07) is 13.0. The standard InChI is InChI=1S/C23H24N2O3/c1-15-10-17(3)21(11-16(15)2)22(26)14-28-23(27)19(13-24)12-18-6-8-20(9-7-18)25(4)5/h6-12H,14H2,1-5H3/b19-12+. The van der Waals surface area contributed by atoms with E-state index in [1.54, 1.807) is 6.07 Å². The molecule has 2 aromatic carbocycles. The predicted octanol–water partition coefficient (Wildman–Crippen LogP) is 4.01. The second kappa shape index (κ2) is 9.01. The molecule has 0 unspecified atom stereocenters. The Morgan fingerprint density at radius 1 is 1.04 bits per heavy atom. The molecule has 0 N–H and O–H groups in total. The van der Waals surface area contributed by atoms with Crippen LogP contribution in [0.15, 0.2) is 42.0 Å². The third-order valence-corrected chi connectivity index (χ3v) is 4.54. The number of aryl methyl sites for hydroxylation is 3. The van der Waals surface area contributed by atoms with E-state index in [9.17, 15) is 14.9 Å². The van der Waals surface area contributed by atoms with Crippen molar-refractivity contribution in [3.63, 3.8) is 0 Å². The molecule has 0 aliphatic carbocycles. The molecule has 0 bridgehead atoms. The number of nitriles is 1. The van der Waals surface area contributed by atoms with Crippen LogP contribution < -0.4 is 4.90 Å². The van der Waals surface area contributed by atoms with Crippen LogP contribution in [0.25, 0.3) is 6.08 Å². The van der Waals surface area contributed by atoms with Gasteiger partial charge in [0.05, 0.1) is 0 Å². The number of Topliss-reactive ketones (excluding diaryl/α,β-unsaturated/α-hetero) is 1. The van der Waals surface area contributed by atoms with Crippen LogP contribution in [0.2, 0.25) is 0 Å². The molecule has 5 heteroatoms. The molecule has 28 heavy (non-hydrogen) atoms. The fourth-order valence-corrected chi connectivity index (χ4v) is 2.72. The lowest BCUT2D eigenvalue weighted by Crippen LogP contribution is -2.16. The van der Waals surface area contributed by atoms with E-state index >= 15 is 0 Å². The molecule has 2 aromatic rings. The lowest BCUT2D eigenvalue weighted by Gasteiger charge is -2.12. The highest BCUT2D eigenvalue weighted by molar-refractivity contribution is 6.02. The lowest BCUT2D eigenvalue weighted by molar-refractivity contribution is -0.137. The van der Waals surface area contributed by atoms with E-state index in [2.05, 4.69) is 0 Å². The molecule has 0 aliphatic heterocycles. The molecule has 0 saturated carbocycles. The SMILES string of the molecule is Cc1cc(C)c(C(=O)COC(=O)/C(C#N)=C/c2ccc(N(C)C)cc2)cc1C. The zero-order chi connectivity index (χ0) is 20.8. The highest BCUT2D eigenvalue weighted by Gasteiger charge is 2.16. The molecule has 0 atom stereocenters. The van der Waals surface area contributed by atoms with Gasteiger partial charge in [-0.25, -0.2) is 4.79 Å². The third kappa shape index (κ3) is 5.08. The zero-order valence-corrected chi connectivity index (χ0v) is 16.9. The molecule has 0 aliphatic rings. The number of hydrogen-bond donors (Lipinski definition) is 0. The van der Waals surface area contributed by atoms with Crippen molar-refractivity contribution in [2.45, 2.75) is 20.8 Å². The van der Waals surface area contributed by atoms with Crippen molar-refractivity contribution in [3.05, 3.63) is 69.8 Å². The Hall–Kier alpha value is -3.39. The van der Waals surface area contributed by atoms with Crippen LogP contribution in [-0.2, 0) is 9.53 Å². The van der Waals surface area contributed by atoms with Crippen LogP contribution in [0.4, 0.5) is 5.69 Å². The third-order valence-electron chi connectivity index (χ3n) is 4.54. The van der Waals surface area contributed by atoms with E-state index in [0.29, 0.717) is 11.1 Å². The molecule has 0 spiro atoms. The van der Waals surface area contributed by atoms with Gasteiger partial charge in [-0.3, -0.25) is 4.79 Å². The van der Waals surface area contributed by atoms with Crippen molar-refractivity contribution in [2.75, 3.05) is 25.6 Å². The number of carbonyl (C=O) groups is 2. The van der Waals surface area contributed by atoms with Gasteiger partial charge in [-0.15, -0.1) is 0 Å². The summed E-state index contributed by atoms with van der Waals surface area (Å²) in [5, 5.41) is 9.28. The molecular weight excluding hydrogens is 352 g/mol. The molecular formula is C23H24N2O3. The average Bonchev–Trinajstić information content (AvgIpc) is 2.67. The van der Waals surface area contributed by atoms with E-state index in [4.69, 9.17) is 4.74 Å². The topological polar surface area (TPSA) is 70.4 Å². The second-order valence-electron chi connectivity index (χ2n) is 6.91. The Labute approximate surface area is 165 Å². The monoisotopic (exact) mass is 376 g/mol. The largest absolute Gasteiger partial charge is 0.453 e. The Morgan fingerprint density at radius 3 is 2.21 bits per heavy atom. The number of ether oxygens (including phenoxy) is 1. The number of esters is 1. The van der Waals surface area contributed by atoms with Gasteiger partial charge in [0, 0.05) is 25.3 Å². The van der Waals surface area contributed by atoms with Gasteiger partial charge < -0.3 is 9.64 Å². The van der Waals surface area contributed by atoms with Gasteiger partial charge in [0.1, 0.15) is 11.6 Å². The van der Waals surface area contributed by atoms with Crippen LogP contribution in [0.1, 0.15) is 32.6 Å². The van der Waals surface area contributed by atoms with Crippen LogP contribution in [-0.4, -0.2) is 32.5 Å². The first-order valence-electron chi connectivity index (χ1n) is 8.90. The smallest absolute Gasteiger partial charge is 0.349 e. The van der Waals surface area contributed by atoms with Gasteiger partial charge in [-0.05, 0) is 67.3 Å². The highest BCUT2D eigenvalue weighted by atomic mass is 16.5. The number of anilines is 1. The Morgan fingerprint density at radius 2 is 1.64 bits per heavy atom. The summed E-state index contributed by atoms with van der Waals surface area (Å²) in [5.41, 5.74) is 5.02.